The highest BCUT2D eigenvalue weighted by atomic mass is 16.2. The van der Waals surface area contributed by atoms with Crippen molar-refractivity contribution in [1.82, 2.24) is 24.5 Å². The van der Waals surface area contributed by atoms with E-state index in [4.69, 9.17) is 0 Å². The van der Waals surface area contributed by atoms with Crippen molar-refractivity contribution in [3.63, 3.8) is 0 Å². The summed E-state index contributed by atoms with van der Waals surface area (Å²) in [6, 6.07) is 8.25. The van der Waals surface area contributed by atoms with Gasteiger partial charge in [0.05, 0.1) is 35.4 Å². The predicted molar refractivity (Wildman–Crippen MR) is 99.3 cm³/mol. The smallest absolute Gasteiger partial charge is 0.257 e. The molecular formula is C20H23N5O. The molecule has 1 aliphatic heterocycles. The molecule has 6 heteroatoms. The SMILES string of the molecule is Cc1ccc(-n2ncc(C(=O)N3CCC[C@H]3c3cnn(C)c3)c2C)cc1. The average Bonchev–Trinajstić information content (AvgIpc) is 3.34. The van der Waals surface area contributed by atoms with E-state index in [1.165, 1.54) is 5.56 Å². The summed E-state index contributed by atoms with van der Waals surface area (Å²) in [5.41, 5.74) is 4.81. The monoisotopic (exact) mass is 349 g/mol. The lowest BCUT2D eigenvalue weighted by Gasteiger charge is -2.23. The molecule has 134 valence electrons. The minimum Gasteiger partial charge on any atom is -0.331 e. The van der Waals surface area contributed by atoms with E-state index in [0.717, 1.165) is 36.3 Å². The number of hydrogen-bond acceptors (Lipinski definition) is 3. The molecule has 0 unspecified atom stereocenters. The Kier molecular flexibility index (Phi) is 4.11. The van der Waals surface area contributed by atoms with Crippen LogP contribution >= 0.6 is 0 Å². The predicted octanol–water partition coefficient (Wildman–Crippen LogP) is 3.20. The Balaban J connectivity index is 1.63. The van der Waals surface area contributed by atoms with E-state index in [1.807, 2.05) is 48.1 Å². The lowest BCUT2D eigenvalue weighted by molar-refractivity contribution is 0.0735. The molecule has 1 fully saturated rings. The molecule has 3 aromatic rings. The zero-order valence-corrected chi connectivity index (χ0v) is 15.4. The van der Waals surface area contributed by atoms with Crippen LogP contribution in [0.4, 0.5) is 0 Å². The maximum atomic E-state index is 13.2. The fourth-order valence-corrected chi connectivity index (χ4v) is 3.69. The van der Waals surface area contributed by atoms with Crippen LogP contribution in [0.3, 0.4) is 0 Å². The first kappa shape index (κ1) is 16.6. The Morgan fingerprint density at radius 3 is 2.58 bits per heavy atom. The van der Waals surface area contributed by atoms with Crippen LogP contribution in [-0.2, 0) is 7.05 Å². The molecule has 4 rings (SSSR count). The van der Waals surface area contributed by atoms with Crippen molar-refractivity contribution in [3.8, 4) is 5.69 Å². The lowest BCUT2D eigenvalue weighted by Crippen LogP contribution is -2.30. The summed E-state index contributed by atoms with van der Waals surface area (Å²) < 4.78 is 3.62. The van der Waals surface area contributed by atoms with Gasteiger partial charge < -0.3 is 4.90 Å². The zero-order chi connectivity index (χ0) is 18.3. The largest absolute Gasteiger partial charge is 0.331 e. The molecule has 1 aromatic carbocycles. The maximum Gasteiger partial charge on any atom is 0.257 e. The van der Waals surface area contributed by atoms with Crippen LogP contribution < -0.4 is 0 Å². The molecule has 0 spiro atoms. The number of likely N-dealkylation sites (tertiary alicyclic amines) is 1. The van der Waals surface area contributed by atoms with Gasteiger partial charge in [-0.25, -0.2) is 4.68 Å². The van der Waals surface area contributed by atoms with E-state index in [1.54, 1.807) is 10.9 Å². The number of rotatable bonds is 3. The molecule has 1 atom stereocenters. The van der Waals surface area contributed by atoms with Crippen LogP contribution in [0.15, 0.2) is 42.9 Å². The standard InChI is InChI=1S/C20H23N5O/c1-14-6-8-17(9-7-14)25-15(2)18(12-22-25)20(26)24-10-4-5-19(24)16-11-21-23(3)13-16/h6-9,11-13,19H,4-5,10H2,1-3H3/t19-/m0/s1. The van der Waals surface area contributed by atoms with E-state index < -0.39 is 0 Å². The number of hydrogen-bond donors (Lipinski definition) is 0. The molecule has 0 N–H and O–H groups in total. The van der Waals surface area contributed by atoms with E-state index in [-0.39, 0.29) is 11.9 Å². The molecule has 0 saturated carbocycles. The van der Waals surface area contributed by atoms with Gasteiger partial charge in [0.2, 0.25) is 0 Å². The molecule has 2 aromatic heterocycles. The number of aromatic nitrogens is 4. The number of nitrogens with zero attached hydrogens (tertiary/aromatic N) is 5. The number of carbonyl (C=O) groups is 1. The van der Waals surface area contributed by atoms with Crippen LogP contribution in [-0.4, -0.2) is 36.9 Å². The summed E-state index contributed by atoms with van der Waals surface area (Å²) in [7, 11) is 1.90. The van der Waals surface area contributed by atoms with Gasteiger partial charge in [-0.2, -0.15) is 10.2 Å². The van der Waals surface area contributed by atoms with Crippen molar-refractivity contribution in [1.29, 1.82) is 0 Å². The van der Waals surface area contributed by atoms with Crippen molar-refractivity contribution in [3.05, 3.63) is 65.2 Å². The third-order valence-corrected chi connectivity index (χ3v) is 5.14. The highest BCUT2D eigenvalue weighted by Gasteiger charge is 2.32. The van der Waals surface area contributed by atoms with Gasteiger partial charge in [-0.1, -0.05) is 17.7 Å². The molecule has 1 saturated heterocycles. The molecule has 0 bridgehead atoms. The van der Waals surface area contributed by atoms with Gasteiger partial charge in [0.25, 0.3) is 5.91 Å². The first-order valence-electron chi connectivity index (χ1n) is 8.96. The zero-order valence-electron chi connectivity index (χ0n) is 15.4. The number of carbonyl (C=O) groups excluding carboxylic acids is 1. The minimum absolute atomic E-state index is 0.0483. The topological polar surface area (TPSA) is 56.0 Å². The Morgan fingerprint density at radius 1 is 1.12 bits per heavy atom. The summed E-state index contributed by atoms with van der Waals surface area (Å²) in [6.45, 7) is 4.78. The lowest BCUT2D eigenvalue weighted by atomic mass is 10.1. The van der Waals surface area contributed by atoms with Crippen LogP contribution in [0.5, 0.6) is 0 Å². The average molecular weight is 349 g/mol. The molecular weight excluding hydrogens is 326 g/mol. The summed E-state index contributed by atoms with van der Waals surface area (Å²) >= 11 is 0. The van der Waals surface area contributed by atoms with Crippen LogP contribution in [0.2, 0.25) is 0 Å². The number of aryl methyl sites for hydroxylation is 2. The first-order chi connectivity index (χ1) is 12.5. The summed E-state index contributed by atoms with van der Waals surface area (Å²) in [6.07, 6.45) is 7.53. The summed E-state index contributed by atoms with van der Waals surface area (Å²) in [5.74, 6) is 0.0483. The van der Waals surface area contributed by atoms with Gasteiger partial charge in [-0.3, -0.25) is 9.48 Å². The van der Waals surface area contributed by atoms with Crippen molar-refractivity contribution < 1.29 is 4.79 Å². The van der Waals surface area contributed by atoms with Crippen molar-refractivity contribution in [2.24, 2.45) is 7.05 Å². The molecule has 3 heterocycles. The Hall–Kier alpha value is -2.89. The highest BCUT2D eigenvalue weighted by Crippen LogP contribution is 2.33. The Labute approximate surface area is 153 Å². The van der Waals surface area contributed by atoms with E-state index in [0.29, 0.717) is 5.56 Å². The van der Waals surface area contributed by atoms with Gasteiger partial charge >= 0.3 is 0 Å². The minimum atomic E-state index is 0.0483. The van der Waals surface area contributed by atoms with Gasteiger partial charge in [0.15, 0.2) is 0 Å². The molecule has 0 aliphatic carbocycles. The Bertz CT molecular complexity index is 938. The second-order valence-corrected chi connectivity index (χ2v) is 6.99. The molecule has 1 aliphatic rings. The fourth-order valence-electron chi connectivity index (χ4n) is 3.69. The summed E-state index contributed by atoms with van der Waals surface area (Å²) in [4.78, 5) is 15.2. The third kappa shape index (κ3) is 2.81. The van der Waals surface area contributed by atoms with E-state index in [9.17, 15) is 4.79 Å². The van der Waals surface area contributed by atoms with Crippen LogP contribution in [0.25, 0.3) is 5.69 Å². The van der Waals surface area contributed by atoms with Crippen molar-refractivity contribution >= 4 is 5.91 Å². The third-order valence-electron chi connectivity index (χ3n) is 5.14. The van der Waals surface area contributed by atoms with Gasteiger partial charge in [-0.15, -0.1) is 0 Å². The fraction of sp³-hybridized carbons (Fsp3) is 0.350. The quantitative estimate of drug-likeness (QED) is 0.730. The van der Waals surface area contributed by atoms with Gasteiger partial charge in [0.1, 0.15) is 0 Å². The Morgan fingerprint density at radius 2 is 1.88 bits per heavy atom. The second-order valence-electron chi connectivity index (χ2n) is 6.99. The van der Waals surface area contributed by atoms with Crippen molar-refractivity contribution in [2.75, 3.05) is 6.54 Å². The van der Waals surface area contributed by atoms with Crippen LogP contribution in [0.1, 0.15) is 46.1 Å². The highest BCUT2D eigenvalue weighted by molar-refractivity contribution is 5.95. The molecule has 0 radical (unpaired) electrons. The second kappa shape index (κ2) is 6.44. The maximum absolute atomic E-state index is 13.2. The van der Waals surface area contributed by atoms with Gasteiger partial charge in [0, 0.05) is 25.4 Å². The molecule has 1 amide bonds. The molecule has 6 nitrogen and oxygen atoms in total. The number of amides is 1. The number of benzene rings is 1. The molecule has 26 heavy (non-hydrogen) atoms. The first-order valence-corrected chi connectivity index (χ1v) is 8.96. The van der Waals surface area contributed by atoms with E-state index in [2.05, 4.69) is 29.3 Å². The van der Waals surface area contributed by atoms with E-state index >= 15 is 0 Å². The van der Waals surface area contributed by atoms with Gasteiger partial charge in [-0.05, 0) is 38.8 Å². The normalized spacial score (nSPS) is 17.0. The van der Waals surface area contributed by atoms with Crippen LogP contribution in [0, 0.1) is 13.8 Å². The van der Waals surface area contributed by atoms with Crippen molar-refractivity contribution in [2.45, 2.75) is 32.7 Å². The summed E-state index contributed by atoms with van der Waals surface area (Å²) in [5, 5.41) is 8.72.